The summed E-state index contributed by atoms with van der Waals surface area (Å²) in [7, 11) is -1.53. The van der Waals surface area contributed by atoms with Crippen LogP contribution in [0.15, 0.2) is 0 Å². The van der Waals surface area contributed by atoms with E-state index in [4.69, 9.17) is 9.16 Å². The van der Waals surface area contributed by atoms with Gasteiger partial charge in [-0.1, -0.05) is 20.8 Å². The minimum Gasteiger partial charge on any atom is -0.481 e. The molecule has 8 heteroatoms. The molecule has 1 fully saturated rings. The molecule has 1 aliphatic rings. The highest BCUT2D eigenvalue weighted by molar-refractivity contribution is 6.48. The van der Waals surface area contributed by atoms with Gasteiger partial charge in [0.25, 0.3) is 0 Å². The third kappa shape index (κ3) is 5.14. The lowest BCUT2D eigenvalue weighted by Crippen LogP contribution is -2.74. The lowest BCUT2D eigenvalue weighted by molar-refractivity contribution is -0.198. The van der Waals surface area contributed by atoms with Gasteiger partial charge in [-0.3, -0.25) is 14.4 Å². The highest BCUT2D eigenvalue weighted by atomic mass is 28.3. The number of hydrogen-bond donors (Lipinski definition) is 1. The molecule has 1 rings (SSSR count). The van der Waals surface area contributed by atoms with Gasteiger partial charge in [-0.15, -0.1) is 0 Å². The maximum Gasteiger partial charge on any atom is 0.326 e. The fourth-order valence-electron chi connectivity index (χ4n) is 3.74. The Kier molecular flexibility index (Phi) is 7.16. The van der Waals surface area contributed by atoms with E-state index < -0.39 is 50.1 Å². The summed E-state index contributed by atoms with van der Waals surface area (Å²) in [5, 5.41) is 9.62. The van der Waals surface area contributed by atoms with Crippen LogP contribution in [0.25, 0.3) is 0 Å². The van der Waals surface area contributed by atoms with Gasteiger partial charge in [-0.05, 0) is 53.1 Å². The Bertz CT molecular complexity index is 621. The van der Waals surface area contributed by atoms with Crippen LogP contribution in [0.1, 0.15) is 55.4 Å². The SMILES string of the molecule is C[C@@H](C(=O)O)[C@@H]1[C@@H]([C@@](C)(O[SiH](C)C)C(C)(C)C)C(=O)N1CC(=O)OC(C)(C)C. The number of hydrogen-bond acceptors (Lipinski definition) is 5. The van der Waals surface area contributed by atoms with Gasteiger partial charge in [0.15, 0.2) is 9.04 Å². The van der Waals surface area contributed by atoms with Crippen molar-refractivity contribution in [3.8, 4) is 0 Å². The van der Waals surface area contributed by atoms with Crippen LogP contribution in [0.2, 0.25) is 13.1 Å². The van der Waals surface area contributed by atoms with E-state index in [-0.39, 0.29) is 17.9 Å². The highest BCUT2D eigenvalue weighted by Gasteiger charge is 2.63. The van der Waals surface area contributed by atoms with Gasteiger partial charge in [-0.2, -0.15) is 0 Å². The third-order valence-electron chi connectivity index (χ3n) is 5.44. The number of aliphatic carboxylic acids is 1. The number of esters is 1. The summed E-state index contributed by atoms with van der Waals surface area (Å²) in [5.74, 6) is -3.26. The molecular formula is C20H37NO6Si. The second kappa shape index (κ2) is 8.14. The van der Waals surface area contributed by atoms with Crippen molar-refractivity contribution in [2.45, 2.75) is 85.7 Å². The van der Waals surface area contributed by atoms with Crippen LogP contribution >= 0.6 is 0 Å². The summed E-state index contributed by atoms with van der Waals surface area (Å²) in [6.45, 7) is 18.5. The van der Waals surface area contributed by atoms with Gasteiger partial charge < -0.3 is 19.2 Å². The monoisotopic (exact) mass is 415 g/mol. The van der Waals surface area contributed by atoms with Gasteiger partial charge in [0.2, 0.25) is 5.91 Å². The summed E-state index contributed by atoms with van der Waals surface area (Å²) >= 11 is 0. The maximum atomic E-state index is 13.1. The number of rotatable bonds is 7. The number of β-lactam (4-membered cyclic amide) rings is 1. The van der Waals surface area contributed by atoms with Gasteiger partial charge in [0.05, 0.1) is 23.5 Å². The van der Waals surface area contributed by atoms with Crippen LogP contribution in [0.4, 0.5) is 0 Å². The lowest BCUT2D eigenvalue weighted by Gasteiger charge is -2.59. The minimum atomic E-state index is -1.53. The molecule has 0 saturated carbocycles. The highest BCUT2D eigenvalue weighted by Crippen LogP contribution is 2.49. The van der Waals surface area contributed by atoms with Crippen molar-refractivity contribution in [3.05, 3.63) is 0 Å². The molecule has 0 aromatic carbocycles. The first-order valence-corrected chi connectivity index (χ1v) is 12.6. The second-order valence-corrected chi connectivity index (χ2v) is 12.5. The maximum absolute atomic E-state index is 13.1. The zero-order chi connectivity index (χ0) is 22.2. The fourth-order valence-corrected chi connectivity index (χ4v) is 5.22. The molecule has 7 nitrogen and oxygen atoms in total. The molecule has 1 saturated heterocycles. The van der Waals surface area contributed by atoms with Crippen molar-refractivity contribution in [1.82, 2.24) is 4.90 Å². The average Bonchev–Trinajstić information content (AvgIpc) is 2.45. The molecule has 4 atom stereocenters. The largest absolute Gasteiger partial charge is 0.481 e. The molecule has 1 N–H and O–H groups in total. The Hall–Kier alpha value is -1.41. The van der Waals surface area contributed by atoms with Gasteiger partial charge in [0.1, 0.15) is 12.1 Å². The molecule has 28 heavy (non-hydrogen) atoms. The Morgan fingerprint density at radius 1 is 1.14 bits per heavy atom. The Balaban J connectivity index is 3.27. The van der Waals surface area contributed by atoms with Crippen molar-refractivity contribution in [2.75, 3.05) is 6.54 Å². The van der Waals surface area contributed by atoms with Crippen LogP contribution < -0.4 is 0 Å². The quantitative estimate of drug-likeness (QED) is 0.390. The number of carbonyl (C=O) groups is 3. The summed E-state index contributed by atoms with van der Waals surface area (Å²) in [5.41, 5.74) is -1.90. The number of amides is 1. The summed E-state index contributed by atoms with van der Waals surface area (Å²) in [6.07, 6.45) is 0. The fraction of sp³-hybridized carbons (Fsp3) is 0.850. The van der Waals surface area contributed by atoms with E-state index in [2.05, 4.69) is 0 Å². The van der Waals surface area contributed by atoms with E-state index in [1.165, 1.54) is 4.90 Å². The van der Waals surface area contributed by atoms with E-state index in [0.717, 1.165) is 0 Å². The zero-order valence-electron chi connectivity index (χ0n) is 19.0. The van der Waals surface area contributed by atoms with Crippen LogP contribution in [0, 0.1) is 17.3 Å². The number of carbonyl (C=O) groups excluding carboxylic acids is 2. The van der Waals surface area contributed by atoms with Crippen LogP contribution in [-0.2, 0) is 23.5 Å². The van der Waals surface area contributed by atoms with E-state index >= 15 is 0 Å². The first-order valence-electron chi connectivity index (χ1n) is 9.85. The van der Waals surface area contributed by atoms with Crippen molar-refractivity contribution < 1.29 is 28.7 Å². The minimum absolute atomic E-state index is 0.254. The number of ether oxygens (including phenoxy) is 1. The van der Waals surface area contributed by atoms with E-state index in [0.29, 0.717) is 0 Å². The normalized spacial score (nSPS) is 23.8. The summed E-state index contributed by atoms with van der Waals surface area (Å²) in [4.78, 5) is 38.5. The zero-order valence-corrected chi connectivity index (χ0v) is 20.1. The molecule has 0 unspecified atom stereocenters. The van der Waals surface area contributed by atoms with Crippen LogP contribution in [0.3, 0.4) is 0 Å². The van der Waals surface area contributed by atoms with Gasteiger partial charge in [-0.25, -0.2) is 0 Å². The topological polar surface area (TPSA) is 93.1 Å². The number of carboxylic acids is 1. The first-order chi connectivity index (χ1) is 12.4. The molecule has 0 aliphatic carbocycles. The van der Waals surface area contributed by atoms with Gasteiger partial charge >= 0.3 is 11.9 Å². The molecule has 1 aliphatic heterocycles. The number of carboxylic acid groups (broad SMARTS) is 1. The first kappa shape index (κ1) is 24.6. The van der Waals surface area contributed by atoms with E-state index in [9.17, 15) is 19.5 Å². The average molecular weight is 416 g/mol. The van der Waals surface area contributed by atoms with Crippen LogP contribution in [-0.4, -0.2) is 60.7 Å². The summed E-state index contributed by atoms with van der Waals surface area (Å²) in [6, 6.07) is -0.630. The number of nitrogens with zero attached hydrogens (tertiary/aromatic N) is 1. The standard InChI is InChI=1S/C20H37NO6Si/c1-12(17(24)25)15-14(20(8,18(2,3)4)27-28(9)10)16(23)21(15)11-13(22)26-19(5,6)7/h12,14-15,28H,11H2,1-10H3,(H,24,25)/t12-,14-,15-,20-/m1/s1. The Labute approximate surface area is 170 Å². The van der Waals surface area contributed by atoms with Crippen molar-refractivity contribution in [3.63, 3.8) is 0 Å². The molecular weight excluding hydrogens is 378 g/mol. The molecule has 0 radical (unpaired) electrons. The molecule has 1 heterocycles. The number of likely N-dealkylation sites (tertiary alicyclic amines) is 1. The lowest BCUT2D eigenvalue weighted by atomic mass is 9.61. The molecule has 0 aromatic heterocycles. The van der Waals surface area contributed by atoms with E-state index in [1.54, 1.807) is 27.7 Å². The molecule has 162 valence electrons. The summed E-state index contributed by atoms with van der Waals surface area (Å²) < 4.78 is 11.7. The van der Waals surface area contributed by atoms with Crippen molar-refractivity contribution >= 4 is 26.9 Å². The molecule has 0 bridgehead atoms. The van der Waals surface area contributed by atoms with Crippen molar-refractivity contribution in [1.29, 1.82) is 0 Å². The molecule has 1 amide bonds. The smallest absolute Gasteiger partial charge is 0.326 e. The third-order valence-corrected chi connectivity index (χ3v) is 6.40. The predicted molar refractivity (Wildman–Crippen MR) is 109 cm³/mol. The van der Waals surface area contributed by atoms with E-state index in [1.807, 2.05) is 40.8 Å². The molecule has 0 aromatic rings. The van der Waals surface area contributed by atoms with Crippen LogP contribution in [0.5, 0.6) is 0 Å². The van der Waals surface area contributed by atoms with Gasteiger partial charge in [0, 0.05) is 0 Å². The Morgan fingerprint density at radius 2 is 1.64 bits per heavy atom. The second-order valence-electron chi connectivity index (χ2n) is 10.2. The Morgan fingerprint density at radius 3 is 2.00 bits per heavy atom. The van der Waals surface area contributed by atoms with Crippen molar-refractivity contribution in [2.24, 2.45) is 17.3 Å². The molecule has 0 spiro atoms. The predicted octanol–water partition coefficient (Wildman–Crippen LogP) is 2.68.